The molecule has 1 aliphatic rings. The molecule has 0 spiro atoms. The number of carbonyl (C=O) groups is 1. The molecule has 2 aromatic rings. The number of primary amides is 1. The van der Waals surface area contributed by atoms with E-state index in [1.165, 1.54) is 6.26 Å². The first-order valence-corrected chi connectivity index (χ1v) is 5.86. The van der Waals surface area contributed by atoms with Crippen molar-refractivity contribution in [3.05, 3.63) is 46.1 Å². The number of pyridine rings is 1. The lowest BCUT2D eigenvalue weighted by atomic mass is 10.1. The van der Waals surface area contributed by atoms with Crippen LogP contribution in [0.1, 0.15) is 16.1 Å². The first-order chi connectivity index (χ1) is 9.18. The van der Waals surface area contributed by atoms with Crippen molar-refractivity contribution >= 4 is 5.91 Å². The van der Waals surface area contributed by atoms with Crippen molar-refractivity contribution in [2.75, 3.05) is 6.61 Å². The van der Waals surface area contributed by atoms with Gasteiger partial charge in [-0.05, 0) is 12.1 Å². The Morgan fingerprint density at radius 3 is 2.95 bits per heavy atom. The maximum Gasteiger partial charge on any atom is 0.254 e. The number of aromatic nitrogens is 1. The number of nitrogens with zero attached hydrogens (tertiary/aromatic N) is 1. The average Bonchev–Trinajstić information content (AvgIpc) is 2.91. The van der Waals surface area contributed by atoms with Crippen molar-refractivity contribution < 1.29 is 13.9 Å². The second-order valence-corrected chi connectivity index (χ2v) is 4.28. The van der Waals surface area contributed by atoms with Crippen molar-refractivity contribution in [1.29, 1.82) is 0 Å². The van der Waals surface area contributed by atoms with Crippen molar-refractivity contribution in [1.82, 2.24) is 4.57 Å². The summed E-state index contributed by atoms with van der Waals surface area (Å²) in [5.41, 5.74) is 5.75. The molecule has 3 rings (SSSR count). The molecule has 98 valence electrons. The maximum absolute atomic E-state index is 12.4. The van der Waals surface area contributed by atoms with Gasteiger partial charge in [0.05, 0.1) is 30.7 Å². The minimum Gasteiger partial charge on any atom is -0.464 e. The quantitative estimate of drug-likeness (QED) is 0.862. The molecular weight excluding hydrogens is 248 g/mol. The van der Waals surface area contributed by atoms with Crippen LogP contribution in [0.2, 0.25) is 0 Å². The Bertz CT molecular complexity index is 685. The van der Waals surface area contributed by atoms with Gasteiger partial charge in [-0.1, -0.05) is 0 Å². The summed E-state index contributed by atoms with van der Waals surface area (Å²) in [4.78, 5) is 23.9. The van der Waals surface area contributed by atoms with Gasteiger partial charge < -0.3 is 19.5 Å². The third kappa shape index (κ3) is 1.86. The highest BCUT2D eigenvalue weighted by Gasteiger charge is 2.23. The van der Waals surface area contributed by atoms with Crippen LogP contribution in [0.5, 0.6) is 0 Å². The molecule has 19 heavy (non-hydrogen) atoms. The fraction of sp³-hybridized carbons (Fsp3) is 0.231. The molecule has 0 atom stereocenters. The van der Waals surface area contributed by atoms with E-state index < -0.39 is 11.3 Å². The molecule has 6 nitrogen and oxygen atoms in total. The number of nitrogens with two attached hydrogens (primary N) is 1. The molecule has 1 amide bonds. The fourth-order valence-electron chi connectivity index (χ4n) is 2.25. The van der Waals surface area contributed by atoms with E-state index in [0.717, 1.165) is 0 Å². The molecular formula is C13H12N2O4. The van der Waals surface area contributed by atoms with Gasteiger partial charge in [-0.2, -0.15) is 0 Å². The second-order valence-electron chi connectivity index (χ2n) is 4.28. The molecule has 0 fully saturated rings. The Labute approximate surface area is 108 Å². The SMILES string of the molecule is NC(=O)c1c2n(cc(-c3ccco3)c1=O)CCOC2. The van der Waals surface area contributed by atoms with Crippen molar-refractivity contribution in [2.24, 2.45) is 5.73 Å². The molecule has 0 aromatic carbocycles. The largest absolute Gasteiger partial charge is 0.464 e. The summed E-state index contributed by atoms with van der Waals surface area (Å²) in [6.45, 7) is 1.32. The number of hydrogen-bond acceptors (Lipinski definition) is 4. The molecule has 0 aliphatic carbocycles. The Kier molecular flexibility index (Phi) is 2.72. The van der Waals surface area contributed by atoms with E-state index in [9.17, 15) is 9.59 Å². The average molecular weight is 260 g/mol. The van der Waals surface area contributed by atoms with Crippen molar-refractivity contribution in [3.63, 3.8) is 0 Å². The van der Waals surface area contributed by atoms with E-state index >= 15 is 0 Å². The van der Waals surface area contributed by atoms with E-state index in [-0.39, 0.29) is 12.2 Å². The molecule has 0 unspecified atom stereocenters. The van der Waals surface area contributed by atoms with E-state index in [4.69, 9.17) is 14.9 Å². The monoisotopic (exact) mass is 260 g/mol. The summed E-state index contributed by atoms with van der Waals surface area (Å²) < 4.78 is 12.3. The van der Waals surface area contributed by atoms with Gasteiger partial charge in [0.25, 0.3) is 5.91 Å². The van der Waals surface area contributed by atoms with Gasteiger partial charge in [-0.3, -0.25) is 9.59 Å². The summed E-state index contributed by atoms with van der Waals surface area (Å²) in [6, 6.07) is 3.36. The highest BCUT2D eigenvalue weighted by molar-refractivity contribution is 5.95. The number of furan rings is 1. The Hall–Kier alpha value is -2.34. The lowest BCUT2D eigenvalue weighted by Crippen LogP contribution is -2.31. The van der Waals surface area contributed by atoms with Crippen molar-refractivity contribution in [2.45, 2.75) is 13.2 Å². The number of carbonyl (C=O) groups excluding carboxylic acids is 1. The summed E-state index contributed by atoms with van der Waals surface area (Å²) in [6.07, 6.45) is 3.16. The zero-order chi connectivity index (χ0) is 13.4. The molecule has 0 saturated heterocycles. The van der Waals surface area contributed by atoms with Gasteiger partial charge in [0.15, 0.2) is 0 Å². The molecule has 2 aromatic heterocycles. The van der Waals surface area contributed by atoms with Gasteiger partial charge in [-0.25, -0.2) is 0 Å². The second kappa shape index (κ2) is 4.40. The molecule has 1 aliphatic heterocycles. The van der Waals surface area contributed by atoms with Crippen LogP contribution < -0.4 is 11.2 Å². The summed E-state index contributed by atoms with van der Waals surface area (Å²) >= 11 is 0. The molecule has 2 N–H and O–H groups in total. The molecule has 0 saturated carbocycles. The van der Waals surface area contributed by atoms with E-state index in [1.807, 2.05) is 4.57 Å². The first kappa shape index (κ1) is 11.7. The predicted octanol–water partition coefficient (Wildman–Crippen LogP) is 0.737. The Morgan fingerprint density at radius 2 is 2.26 bits per heavy atom. The van der Waals surface area contributed by atoms with E-state index in [0.29, 0.717) is 30.2 Å². The molecule has 0 bridgehead atoms. The summed E-state index contributed by atoms with van der Waals surface area (Å²) in [7, 11) is 0. The lowest BCUT2D eigenvalue weighted by molar-refractivity contribution is 0.0805. The molecule has 0 radical (unpaired) electrons. The van der Waals surface area contributed by atoms with Crippen LogP contribution >= 0.6 is 0 Å². The maximum atomic E-state index is 12.4. The topological polar surface area (TPSA) is 87.5 Å². The highest BCUT2D eigenvalue weighted by Crippen LogP contribution is 2.20. The van der Waals surface area contributed by atoms with Crippen LogP contribution in [0.3, 0.4) is 0 Å². The van der Waals surface area contributed by atoms with Gasteiger partial charge in [0.2, 0.25) is 5.43 Å². The number of rotatable bonds is 2. The third-order valence-electron chi connectivity index (χ3n) is 3.14. The molecule has 3 heterocycles. The summed E-state index contributed by atoms with van der Waals surface area (Å²) in [5.74, 6) is -0.318. The first-order valence-electron chi connectivity index (χ1n) is 5.86. The van der Waals surface area contributed by atoms with Crippen LogP contribution in [0.25, 0.3) is 11.3 Å². The Balaban J connectivity index is 2.31. The van der Waals surface area contributed by atoms with Gasteiger partial charge in [-0.15, -0.1) is 0 Å². The van der Waals surface area contributed by atoms with E-state index in [1.54, 1.807) is 18.3 Å². The number of amides is 1. The van der Waals surface area contributed by atoms with Crippen LogP contribution in [-0.4, -0.2) is 17.1 Å². The normalized spacial score (nSPS) is 14.1. The van der Waals surface area contributed by atoms with Gasteiger partial charge in [0, 0.05) is 12.7 Å². The van der Waals surface area contributed by atoms with E-state index in [2.05, 4.69) is 0 Å². The minimum absolute atomic E-state index is 0.0198. The number of hydrogen-bond donors (Lipinski definition) is 1. The lowest BCUT2D eigenvalue weighted by Gasteiger charge is -2.22. The Morgan fingerprint density at radius 1 is 1.42 bits per heavy atom. The highest BCUT2D eigenvalue weighted by atomic mass is 16.5. The predicted molar refractivity (Wildman–Crippen MR) is 66.6 cm³/mol. The van der Waals surface area contributed by atoms with Crippen molar-refractivity contribution in [3.8, 4) is 11.3 Å². The minimum atomic E-state index is -0.743. The summed E-state index contributed by atoms with van der Waals surface area (Å²) in [5, 5.41) is 0. The zero-order valence-electron chi connectivity index (χ0n) is 10.1. The molecule has 6 heteroatoms. The van der Waals surface area contributed by atoms with Crippen LogP contribution in [-0.2, 0) is 17.9 Å². The number of fused-ring (bicyclic) bond motifs is 1. The van der Waals surface area contributed by atoms with Gasteiger partial charge >= 0.3 is 0 Å². The van der Waals surface area contributed by atoms with Crippen LogP contribution in [0.15, 0.2) is 33.8 Å². The smallest absolute Gasteiger partial charge is 0.254 e. The number of ether oxygens (including phenoxy) is 1. The third-order valence-corrected chi connectivity index (χ3v) is 3.14. The van der Waals surface area contributed by atoms with Gasteiger partial charge in [0.1, 0.15) is 11.3 Å². The van der Waals surface area contributed by atoms with Crippen LogP contribution in [0, 0.1) is 0 Å². The standard InChI is InChI=1S/C13H12N2O4/c14-13(17)11-9-7-18-5-3-15(9)6-8(12(11)16)10-2-1-4-19-10/h1-2,4,6H,3,5,7H2,(H2,14,17). The van der Waals surface area contributed by atoms with Crippen LogP contribution in [0.4, 0.5) is 0 Å². The zero-order valence-corrected chi connectivity index (χ0v) is 10.1. The fourth-order valence-corrected chi connectivity index (χ4v) is 2.25.